The number of nitrogens with one attached hydrogen (secondary N) is 1. The highest BCUT2D eigenvalue weighted by atomic mass is 32.1. The highest BCUT2D eigenvalue weighted by molar-refractivity contribution is 7.10. The summed E-state index contributed by atoms with van der Waals surface area (Å²) >= 11 is 2.96. The normalized spacial score (nSPS) is 15.6. The van der Waals surface area contributed by atoms with Gasteiger partial charge in [-0.2, -0.15) is 15.7 Å². The first-order valence-corrected chi connectivity index (χ1v) is 13.6. The number of nitrogens with two attached hydrogens (primary N) is 1. The van der Waals surface area contributed by atoms with Gasteiger partial charge in [-0.05, 0) is 91.7 Å². The Morgan fingerprint density at radius 1 is 1.31 bits per heavy atom. The topological polar surface area (TPSA) is 104 Å². The number of rotatable bonds is 9. The number of urea groups is 1. The standard InChI is InChI=1S/C25H32N6O2S2/c1-17-14-23(35-29-17)28-25(33)31(15-19-9-13-34-16-19)20-7-11-30(12-8-20)18(2)5-6-22-21(24(26)32)4-3-10-27-22/h3-4,9-10,13-14,16,18,20H,5-8,11-12,15H2,1-2H3,(H2,26,32)(H,28,33)/t18-/m1/s1. The summed E-state index contributed by atoms with van der Waals surface area (Å²) in [4.78, 5) is 33.8. The average Bonchev–Trinajstić information content (AvgIpc) is 3.52. The predicted octanol–water partition coefficient (Wildman–Crippen LogP) is 4.53. The fourth-order valence-corrected chi connectivity index (χ4v) is 5.88. The maximum atomic E-state index is 13.2. The fraction of sp³-hybridized carbons (Fsp3) is 0.440. The lowest BCUT2D eigenvalue weighted by atomic mass is 9.99. The third-order valence-corrected chi connectivity index (χ3v) is 8.10. The number of thiophene rings is 1. The molecule has 1 saturated heterocycles. The van der Waals surface area contributed by atoms with Crippen molar-refractivity contribution in [1.82, 2.24) is 19.2 Å². The van der Waals surface area contributed by atoms with E-state index < -0.39 is 5.91 Å². The number of carbonyl (C=O) groups is 2. The van der Waals surface area contributed by atoms with Gasteiger partial charge in [0.05, 0.1) is 17.0 Å². The van der Waals surface area contributed by atoms with E-state index in [1.807, 2.05) is 23.3 Å². The number of piperidine rings is 1. The highest BCUT2D eigenvalue weighted by Gasteiger charge is 2.30. The molecule has 1 aliphatic rings. The van der Waals surface area contributed by atoms with Crippen molar-refractivity contribution in [1.29, 1.82) is 0 Å². The van der Waals surface area contributed by atoms with Gasteiger partial charge < -0.3 is 15.5 Å². The van der Waals surface area contributed by atoms with Gasteiger partial charge in [-0.3, -0.25) is 15.1 Å². The Kier molecular flexibility index (Phi) is 8.48. The third kappa shape index (κ3) is 6.65. The summed E-state index contributed by atoms with van der Waals surface area (Å²) < 4.78 is 4.27. The Morgan fingerprint density at radius 2 is 2.11 bits per heavy atom. The first kappa shape index (κ1) is 25.3. The van der Waals surface area contributed by atoms with Crippen molar-refractivity contribution >= 4 is 39.8 Å². The van der Waals surface area contributed by atoms with Crippen LogP contribution in [-0.4, -0.2) is 56.3 Å². The molecular weight excluding hydrogens is 480 g/mol. The Balaban J connectivity index is 1.35. The Labute approximate surface area is 214 Å². The summed E-state index contributed by atoms with van der Waals surface area (Å²) in [5.74, 6) is -0.431. The van der Waals surface area contributed by atoms with Crippen LogP contribution in [0.4, 0.5) is 9.80 Å². The summed E-state index contributed by atoms with van der Waals surface area (Å²) in [5, 5.41) is 7.98. The summed E-state index contributed by atoms with van der Waals surface area (Å²) in [6, 6.07) is 7.91. The Morgan fingerprint density at radius 3 is 2.77 bits per heavy atom. The van der Waals surface area contributed by atoms with E-state index in [-0.39, 0.29) is 12.1 Å². The van der Waals surface area contributed by atoms with Crippen LogP contribution in [-0.2, 0) is 13.0 Å². The van der Waals surface area contributed by atoms with Crippen LogP contribution >= 0.6 is 22.9 Å². The highest BCUT2D eigenvalue weighted by Crippen LogP contribution is 2.25. The minimum absolute atomic E-state index is 0.0690. The summed E-state index contributed by atoms with van der Waals surface area (Å²) in [6.07, 6.45) is 5.14. The quantitative estimate of drug-likeness (QED) is 0.438. The van der Waals surface area contributed by atoms with Crippen LogP contribution in [0.5, 0.6) is 0 Å². The van der Waals surface area contributed by atoms with Crippen molar-refractivity contribution < 1.29 is 9.59 Å². The van der Waals surface area contributed by atoms with E-state index in [2.05, 4.69) is 37.9 Å². The van der Waals surface area contributed by atoms with Crippen LogP contribution in [0.25, 0.3) is 0 Å². The monoisotopic (exact) mass is 512 g/mol. The molecule has 0 radical (unpaired) electrons. The van der Waals surface area contributed by atoms with Gasteiger partial charge in [-0.1, -0.05) is 0 Å². The molecule has 10 heteroatoms. The number of carbonyl (C=O) groups excluding carboxylic acids is 2. The number of likely N-dealkylation sites (tertiary alicyclic amines) is 1. The van der Waals surface area contributed by atoms with Gasteiger partial charge in [0.25, 0.3) is 5.91 Å². The molecule has 0 bridgehead atoms. The summed E-state index contributed by atoms with van der Waals surface area (Å²) in [5.41, 5.74) is 8.83. The molecule has 1 aliphatic heterocycles. The molecule has 3 aromatic heterocycles. The van der Waals surface area contributed by atoms with Gasteiger partial charge in [0.15, 0.2) is 0 Å². The molecule has 0 aliphatic carbocycles. The lowest BCUT2D eigenvalue weighted by molar-refractivity contribution is 0.0980. The van der Waals surface area contributed by atoms with Crippen molar-refractivity contribution in [2.45, 2.75) is 58.2 Å². The molecule has 1 fully saturated rings. The number of aromatic nitrogens is 2. The van der Waals surface area contributed by atoms with E-state index in [1.54, 1.807) is 29.7 Å². The number of pyridine rings is 1. The molecule has 0 unspecified atom stereocenters. The van der Waals surface area contributed by atoms with Gasteiger partial charge in [0, 0.05) is 37.9 Å². The molecule has 186 valence electrons. The molecule has 4 heterocycles. The molecule has 3 amide bonds. The van der Waals surface area contributed by atoms with Gasteiger partial charge in [0.2, 0.25) is 0 Å². The summed E-state index contributed by atoms with van der Waals surface area (Å²) in [6.45, 7) is 6.58. The van der Waals surface area contributed by atoms with Crippen LogP contribution in [0.3, 0.4) is 0 Å². The van der Waals surface area contributed by atoms with Crippen LogP contribution in [0, 0.1) is 6.92 Å². The van der Waals surface area contributed by atoms with E-state index in [0.717, 1.165) is 54.3 Å². The average molecular weight is 513 g/mol. The molecule has 0 spiro atoms. The van der Waals surface area contributed by atoms with Gasteiger partial charge in [-0.15, -0.1) is 0 Å². The molecule has 8 nitrogen and oxygen atoms in total. The predicted molar refractivity (Wildman–Crippen MR) is 141 cm³/mol. The second-order valence-corrected chi connectivity index (χ2v) is 10.6. The van der Waals surface area contributed by atoms with Crippen LogP contribution in [0.2, 0.25) is 0 Å². The third-order valence-electron chi connectivity index (χ3n) is 6.57. The van der Waals surface area contributed by atoms with Gasteiger partial charge >= 0.3 is 6.03 Å². The minimum Gasteiger partial charge on any atom is -0.366 e. The second-order valence-electron chi connectivity index (χ2n) is 9.04. The van der Waals surface area contributed by atoms with Crippen LogP contribution in [0.15, 0.2) is 41.2 Å². The number of nitrogens with zero attached hydrogens (tertiary/aromatic N) is 4. The molecule has 3 aromatic rings. The van der Waals surface area contributed by atoms with Crippen molar-refractivity contribution in [3.05, 3.63) is 63.7 Å². The van der Waals surface area contributed by atoms with E-state index in [1.165, 1.54) is 11.5 Å². The molecule has 0 saturated carbocycles. The molecular formula is C25H32N6O2S2. The Bertz CT molecular complexity index is 1120. The van der Waals surface area contributed by atoms with E-state index in [4.69, 9.17) is 5.73 Å². The van der Waals surface area contributed by atoms with Crippen LogP contribution in [0.1, 0.15) is 53.5 Å². The van der Waals surface area contributed by atoms with Crippen molar-refractivity contribution in [3.63, 3.8) is 0 Å². The van der Waals surface area contributed by atoms with Crippen LogP contribution < -0.4 is 11.1 Å². The number of hydrogen-bond acceptors (Lipinski definition) is 7. The lowest BCUT2D eigenvalue weighted by Gasteiger charge is -2.40. The number of anilines is 1. The first-order valence-electron chi connectivity index (χ1n) is 11.9. The van der Waals surface area contributed by atoms with Crippen molar-refractivity contribution in [2.24, 2.45) is 5.73 Å². The SMILES string of the molecule is Cc1cc(NC(=O)N(Cc2ccsc2)C2CCN([C@H](C)CCc3ncccc3C(N)=O)CC2)sn1. The second kappa shape index (κ2) is 11.7. The molecule has 3 N–H and O–H groups in total. The zero-order chi connectivity index (χ0) is 24.8. The van der Waals surface area contributed by atoms with E-state index in [0.29, 0.717) is 24.6 Å². The zero-order valence-corrected chi connectivity index (χ0v) is 21.8. The number of primary amides is 1. The smallest absolute Gasteiger partial charge is 0.323 e. The zero-order valence-electron chi connectivity index (χ0n) is 20.1. The van der Waals surface area contributed by atoms with Gasteiger partial charge in [0.1, 0.15) is 5.00 Å². The number of hydrogen-bond donors (Lipinski definition) is 2. The molecule has 0 aromatic carbocycles. The lowest BCUT2D eigenvalue weighted by Crippen LogP contribution is -2.50. The maximum absolute atomic E-state index is 13.2. The summed E-state index contributed by atoms with van der Waals surface area (Å²) in [7, 11) is 0. The fourth-order valence-electron chi connectivity index (χ4n) is 4.57. The molecule has 1 atom stereocenters. The van der Waals surface area contributed by atoms with Crippen molar-refractivity contribution in [3.8, 4) is 0 Å². The molecule has 4 rings (SSSR count). The van der Waals surface area contributed by atoms with E-state index >= 15 is 0 Å². The Hall–Kier alpha value is -2.82. The molecule has 35 heavy (non-hydrogen) atoms. The number of aryl methyl sites for hydroxylation is 2. The van der Waals surface area contributed by atoms with Gasteiger partial charge in [-0.25, -0.2) is 4.79 Å². The van der Waals surface area contributed by atoms with E-state index in [9.17, 15) is 9.59 Å². The first-order chi connectivity index (χ1) is 16.9. The largest absolute Gasteiger partial charge is 0.366 e. The number of amides is 3. The van der Waals surface area contributed by atoms with Crippen molar-refractivity contribution in [2.75, 3.05) is 18.4 Å². The minimum atomic E-state index is -0.431. The maximum Gasteiger partial charge on any atom is 0.323 e.